The first-order valence-corrected chi connectivity index (χ1v) is 8.73. The lowest BCUT2D eigenvalue weighted by Crippen LogP contribution is -2.15. The van der Waals surface area contributed by atoms with Crippen molar-refractivity contribution in [1.29, 1.82) is 0 Å². The van der Waals surface area contributed by atoms with Crippen molar-refractivity contribution in [3.63, 3.8) is 0 Å². The third-order valence-electron chi connectivity index (χ3n) is 3.47. The Morgan fingerprint density at radius 3 is 2.90 bits per heavy atom. The smallest absolute Gasteiger partial charge is 0.180 e. The number of sulfone groups is 1. The van der Waals surface area contributed by atoms with E-state index in [1.165, 1.54) is 0 Å². The van der Waals surface area contributed by atoms with Gasteiger partial charge in [0.1, 0.15) is 11.8 Å². The molecule has 0 aliphatic rings. The first-order valence-electron chi connectivity index (χ1n) is 7.07. The van der Waals surface area contributed by atoms with E-state index < -0.39 is 16.0 Å². The normalized spacial score (nSPS) is 13.4. The zero-order chi connectivity index (χ0) is 15.5. The summed E-state index contributed by atoms with van der Waals surface area (Å²) >= 11 is 0. The summed E-state index contributed by atoms with van der Waals surface area (Å²) in [5.74, 6) is 0.151. The van der Waals surface area contributed by atoms with Gasteiger partial charge < -0.3 is 10.3 Å². The summed E-state index contributed by atoms with van der Waals surface area (Å²) in [5.41, 5.74) is 6.52. The Bertz CT molecular complexity index is 734. The number of nitrogens with zero attached hydrogens (tertiary/aromatic N) is 2. The fraction of sp³-hybridized carbons (Fsp3) is 0.400. The van der Waals surface area contributed by atoms with E-state index in [9.17, 15) is 8.42 Å². The lowest BCUT2D eigenvalue weighted by molar-refractivity contribution is 0.590. The van der Waals surface area contributed by atoms with Crippen molar-refractivity contribution in [3.8, 4) is 0 Å². The van der Waals surface area contributed by atoms with Gasteiger partial charge >= 0.3 is 0 Å². The molecular formula is C15H21N3O2S. The Labute approximate surface area is 125 Å². The van der Waals surface area contributed by atoms with Crippen LogP contribution >= 0.6 is 0 Å². The maximum Gasteiger partial charge on any atom is 0.180 e. The number of aromatic nitrogens is 2. The number of nitrogens with two attached hydrogens (primary N) is 1. The predicted molar refractivity (Wildman–Crippen MR) is 84.7 cm³/mol. The van der Waals surface area contributed by atoms with Crippen molar-refractivity contribution in [2.45, 2.75) is 37.2 Å². The molecule has 0 amide bonds. The van der Waals surface area contributed by atoms with Crippen molar-refractivity contribution in [2.75, 3.05) is 5.75 Å². The second kappa shape index (κ2) is 6.41. The molecule has 5 nitrogen and oxygen atoms in total. The number of fused-ring (bicyclic) bond motifs is 1. The second-order valence-electron chi connectivity index (χ2n) is 5.03. The van der Waals surface area contributed by atoms with E-state index in [1.54, 1.807) is 35.2 Å². The summed E-state index contributed by atoms with van der Waals surface area (Å²) in [4.78, 5) is 4.56. The third kappa shape index (κ3) is 3.16. The van der Waals surface area contributed by atoms with Crippen LogP contribution in [0.3, 0.4) is 0 Å². The summed E-state index contributed by atoms with van der Waals surface area (Å²) in [6.45, 7) is 5.70. The highest BCUT2D eigenvalue weighted by molar-refractivity contribution is 7.91. The van der Waals surface area contributed by atoms with E-state index in [-0.39, 0.29) is 5.75 Å². The molecular weight excluding hydrogens is 286 g/mol. The third-order valence-corrected chi connectivity index (χ3v) is 5.29. The van der Waals surface area contributed by atoms with Crippen molar-refractivity contribution in [1.82, 2.24) is 9.55 Å². The molecule has 2 N–H and O–H groups in total. The maximum atomic E-state index is 12.5. The Morgan fingerprint density at radius 1 is 1.48 bits per heavy atom. The Hall–Kier alpha value is -1.66. The van der Waals surface area contributed by atoms with Gasteiger partial charge in [0.25, 0.3) is 0 Å². The van der Waals surface area contributed by atoms with Crippen LogP contribution in [0.25, 0.3) is 11.0 Å². The van der Waals surface area contributed by atoms with Crippen LogP contribution in [0.15, 0.2) is 42.1 Å². The SMILES string of the molecule is C=CC(N)n1cc(S(=O)(=O)CCCCC)c2cccnc21. The Kier molecular flexibility index (Phi) is 4.80. The summed E-state index contributed by atoms with van der Waals surface area (Å²) in [7, 11) is -3.33. The van der Waals surface area contributed by atoms with E-state index in [0.29, 0.717) is 22.3 Å². The minimum absolute atomic E-state index is 0.151. The molecule has 0 radical (unpaired) electrons. The zero-order valence-electron chi connectivity index (χ0n) is 12.2. The van der Waals surface area contributed by atoms with Crippen molar-refractivity contribution in [2.24, 2.45) is 5.73 Å². The highest BCUT2D eigenvalue weighted by atomic mass is 32.2. The number of pyridine rings is 1. The van der Waals surface area contributed by atoms with E-state index in [1.807, 2.05) is 6.92 Å². The standard InChI is InChI=1S/C15H21N3O2S/c1-3-5-6-10-21(19,20)13-11-18(14(16)4-2)15-12(13)8-7-9-17-15/h4,7-9,11,14H,2-3,5-6,10,16H2,1H3. The van der Waals surface area contributed by atoms with Crippen LogP contribution in [0, 0.1) is 0 Å². The zero-order valence-corrected chi connectivity index (χ0v) is 13.0. The molecule has 1 unspecified atom stereocenters. The summed E-state index contributed by atoms with van der Waals surface area (Å²) in [6, 6.07) is 3.50. The molecule has 21 heavy (non-hydrogen) atoms. The molecule has 6 heteroatoms. The van der Waals surface area contributed by atoms with Crippen LogP contribution in [-0.4, -0.2) is 23.7 Å². The molecule has 2 aromatic rings. The number of hydrogen-bond donors (Lipinski definition) is 1. The number of hydrogen-bond acceptors (Lipinski definition) is 4. The van der Waals surface area contributed by atoms with Crippen molar-refractivity contribution >= 4 is 20.9 Å². The van der Waals surface area contributed by atoms with Gasteiger partial charge in [0.2, 0.25) is 0 Å². The van der Waals surface area contributed by atoms with Crippen LogP contribution in [0.4, 0.5) is 0 Å². The lowest BCUT2D eigenvalue weighted by Gasteiger charge is -2.08. The quantitative estimate of drug-likeness (QED) is 0.630. The molecule has 0 saturated carbocycles. The van der Waals surface area contributed by atoms with Crippen molar-refractivity contribution < 1.29 is 8.42 Å². The van der Waals surface area contributed by atoms with Gasteiger partial charge in [-0.25, -0.2) is 13.4 Å². The van der Waals surface area contributed by atoms with Gasteiger partial charge in [-0.1, -0.05) is 32.4 Å². The lowest BCUT2D eigenvalue weighted by atomic mass is 10.3. The molecule has 0 spiro atoms. The highest BCUT2D eigenvalue weighted by Gasteiger charge is 2.22. The molecule has 0 aliphatic heterocycles. The molecule has 0 bridgehead atoms. The Morgan fingerprint density at radius 2 is 2.24 bits per heavy atom. The summed E-state index contributed by atoms with van der Waals surface area (Å²) < 4.78 is 26.7. The molecule has 0 aliphatic carbocycles. The first-order chi connectivity index (χ1) is 10.0. The average Bonchev–Trinajstić information content (AvgIpc) is 2.87. The van der Waals surface area contributed by atoms with E-state index in [4.69, 9.17) is 5.73 Å². The fourth-order valence-corrected chi connectivity index (χ4v) is 3.87. The van der Waals surface area contributed by atoms with Crippen LogP contribution < -0.4 is 5.73 Å². The van der Waals surface area contributed by atoms with Gasteiger partial charge in [-0.05, 0) is 18.6 Å². The molecule has 0 aromatic carbocycles. The molecule has 1 atom stereocenters. The second-order valence-corrected chi connectivity index (χ2v) is 7.11. The van der Waals surface area contributed by atoms with Gasteiger partial charge in [0, 0.05) is 17.8 Å². The monoisotopic (exact) mass is 307 g/mol. The first kappa shape index (κ1) is 15.7. The van der Waals surface area contributed by atoms with E-state index in [2.05, 4.69) is 11.6 Å². The van der Waals surface area contributed by atoms with Gasteiger partial charge in [0.15, 0.2) is 9.84 Å². The predicted octanol–water partition coefficient (Wildman–Crippen LogP) is 2.64. The van der Waals surface area contributed by atoms with Crippen LogP contribution in [0.2, 0.25) is 0 Å². The molecule has 0 fully saturated rings. The van der Waals surface area contributed by atoms with Crippen LogP contribution in [0.5, 0.6) is 0 Å². The minimum Gasteiger partial charge on any atom is -0.312 e. The van der Waals surface area contributed by atoms with Gasteiger partial charge in [-0.15, -0.1) is 0 Å². The molecule has 114 valence electrons. The van der Waals surface area contributed by atoms with E-state index >= 15 is 0 Å². The molecule has 2 heterocycles. The maximum absolute atomic E-state index is 12.5. The van der Waals surface area contributed by atoms with Crippen LogP contribution in [0.1, 0.15) is 32.4 Å². The summed E-state index contributed by atoms with van der Waals surface area (Å²) in [6.07, 6.45) is 6.82. The number of rotatable bonds is 7. The van der Waals surface area contributed by atoms with Crippen LogP contribution in [-0.2, 0) is 9.84 Å². The highest BCUT2D eigenvalue weighted by Crippen LogP contribution is 2.27. The topological polar surface area (TPSA) is 78.0 Å². The van der Waals surface area contributed by atoms with E-state index in [0.717, 1.165) is 12.8 Å². The minimum atomic E-state index is -3.33. The van der Waals surface area contributed by atoms with Gasteiger partial charge in [0.05, 0.1) is 10.6 Å². The fourth-order valence-electron chi connectivity index (χ4n) is 2.29. The van der Waals surface area contributed by atoms with Gasteiger partial charge in [-0.3, -0.25) is 0 Å². The molecule has 2 aromatic heterocycles. The molecule has 2 rings (SSSR count). The average molecular weight is 307 g/mol. The largest absolute Gasteiger partial charge is 0.312 e. The van der Waals surface area contributed by atoms with Crippen molar-refractivity contribution in [3.05, 3.63) is 37.2 Å². The molecule has 0 saturated heterocycles. The number of unbranched alkanes of at least 4 members (excludes halogenated alkanes) is 2. The summed E-state index contributed by atoms with van der Waals surface area (Å²) in [5, 5.41) is 0.617. The van der Waals surface area contributed by atoms with Gasteiger partial charge in [-0.2, -0.15) is 0 Å². The Balaban J connectivity index is 2.51.